The van der Waals surface area contributed by atoms with Crippen LogP contribution in [0.3, 0.4) is 0 Å². The molecule has 0 N–H and O–H groups in total. The van der Waals surface area contributed by atoms with Gasteiger partial charge in [0.2, 0.25) is 5.88 Å². The maximum Gasteiger partial charge on any atom is 0.234 e. The molecular weight excluding hydrogens is 548 g/mol. The van der Waals surface area contributed by atoms with Crippen LogP contribution in [0.25, 0.3) is 10.8 Å². The topological polar surface area (TPSA) is 68.1 Å². The van der Waals surface area contributed by atoms with Crippen LogP contribution in [0.15, 0.2) is 54.7 Å². The van der Waals surface area contributed by atoms with Gasteiger partial charge in [-0.2, -0.15) is 10.2 Å². The van der Waals surface area contributed by atoms with Gasteiger partial charge in [0.05, 0.1) is 13.2 Å². The van der Waals surface area contributed by atoms with Gasteiger partial charge in [-0.3, -0.25) is 4.90 Å². The predicted octanol–water partition coefficient (Wildman–Crippen LogP) is 6.09. The maximum atomic E-state index is 10.4. The van der Waals surface area contributed by atoms with E-state index in [9.17, 15) is 5.26 Å². The summed E-state index contributed by atoms with van der Waals surface area (Å²) in [5, 5.41) is 12.9. The molecule has 8 nitrogen and oxygen atoms in total. The minimum atomic E-state index is 0.464. The van der Waals surface area contributed by atoms with Crippen molar-refractivity contribution in [3.05, 3.63) is 71.4 Å². The van der Waals surface area contributed by atoms with Gasteiger partial charge in [0.15, 0.2) is 0 Å². The van der Waals surface area contributed by atoms with E-state index in [4.69, 9.17) is 14.5 Å². The van der Waals surface area contributed by atoms with Gasteiger partial charge in [-0.05, 0) is 24.8 Å². The van der Waals surface area contributed by atoms with Crippen molar-refractivity contribution in [3.63, 3.8) is 0 Å². The number of morpholine rings is 1. The quantitative estimate of drug-likeness (QED) is 0.324. The Kier molecular flexibility index (Phi) is 12.3. The van der Waals surface area contributed by atoms with Crippen LogP contribution < -0.4 is 14.5 Å². The smallest absolute Gasteiger partial charge is 0.234 e. The number of fused-ring (bicyclic) bond motifs is 2. The summed E-state index contributed by atoms with van der Waals surface area (Å²) in [4.78, 5) is 14.5. The molecule has 236 valence electrons. The molecule has 1 aromatic heterocycles. The lowest BCUT2D eigenvalue weighted by molar-refractivity contribution is 0.0320. The summed E-state index contributed by atoms with van der Waals surface area (Å²) in [6.45, 7) is 23.9. The first-order valence-corrected chi connectivity index (χ1v) is 16.4. The first-order valence-electron chi connectivity index (χ1n) is 16.4. The summed E-state index contributed by atoms with van der Waals surface area (Å²) in [6.07, 6.45) is 0.838. The number of ether oxygens (including phenoxy) is 2. The molecule has 44 heavy (non-hydrogen) atoms. The summed E-state index contributed by atoms with van der Waals surface area (Å²) in [5.41, 5.74) is 5.13. The van der Waals surface area contributed by atoms with Crippen LogP contribution in [0.2, 0.25) is 0 Å². The molecule has 2 fully saturated rings. The third kappa shape index (κ3) is 7.46. The van der Waals surface area contributed by atoms with E-state index < -0.39 is 0 Å². The molecule has 3 aromatic rings. The zero-order chi connectivity index (χ0) is 31.5. The fourth-order valence-corrected chi connectivity index (χ4v) is 6.16. The molecule has 8 heteroatoms. The number of nitriles is 1. The number of anilines is 2. The number of piperazine rings is 1. The summed E-state index contributed by atoms with van der Waals surface area (Å²) in [6, 6.07) is 17.5. The fraction of sp³-hybridized carbons (Fsp3) is 0.500. The number of nitrogens with zero attached hydrogens (tertiary/aromatic N) is 6. The van der Waals surface area contributed by atoms with Crippen molar-refractivity contribution in [3.8, 4) is 11.9 Å². The normalized spacial score (nSPS) is 16.6. The first kappa shape index (κ1) is 33.1. The number of allylic oxidation sites excluding steroid dienone is 1. The molecule has 2 aromatic carbocycles. The molecular formula is C36H50N6O2. The predicted molar refractivity (Wildman–Crippen MR) is 182 cm³/mol. The first-order chi connectivity index (χ1) is 21.6. The van der Waals surface area contributed by atoms with E-state index in [1.54, 1.807) is 0 Å². The van der Waals surface area contributed by atoms with E-state index >= 15 is 0 Å². The summed E-state index contributed by atoms with van der Waals surface area (Å²) >= 11 is 0. The minimum Gasteiger partial charge on any atom is -0.475 e. The SMILES string of the molecule is C=C(C)N1CCN(c2nc(OCCN3CCOCC3)c(C#N)c3c2CCN(c2cccc4ccccc24)C3)CC1.CC.CC. The molecule has 2 saturated heterocycles. The zero-order valence-corrected chi connectivity index (χ0v) is 27.4. The van der Waals surface area contributed by atoms with Crippen LogP contribution in [0, 0.1) is 11.3 Å². The van der Waals surface area contributed by atoms with Crippen molar-refractivity contribution in [2.45, 2.75) is 47.6 Å². The van der Waals surface area contributed by atoms with Crippen molar-refractivity contribution in [2.24, 2.45) is 0 Å². The van der Waals surface area contributed by atoms with Crippen LogP contribution in [-0.2, 0) is 17.7 Å². The number of rotatable bonds is 7. The van der Waals surface area contributed by atoms with E-state index in [0.29, 0.717) is 24.6 Å². The molecule has 0 unspecified atom stereocenters. The lowest BCUT2D eigenvalue weighted by Crippen LogP contribution is -2.46. The van der Waals surface area contributed by atoms with Gasteiger partial charge in [-0.25, -0.2) is 0 Å². The lowest BCUT2D eigenvalue weighted by Gasteiger charge is -2.39. The van der Waals surface area contributed by atoms with E-state index in [2.05, 4.69) is 81.6 Å². The molecule has 4 heterocycles. The van der Waals surface area contributed by atoms with Crippen molar-refractivity contribution in [1.82, 2.24) is 14.8 Å². The molecule has 0 aliphatic carbocycles. The van der Waals surface area contributed by atoms with Gasteiger partial charge in [-0.1, -0.05) is 70.7 Å². The molecule has 0 saturated carbocycles. The standard InChI is InChI=1S/C32H38N6O2.2C2H6/c1-24(2)36-12-14-37(15-13-36)31-27-10-11-38(30-9-5-7-25-6-3-4-8-26(25)30)23-29(27)28(22-33)32(34-31)40-21-18-35-16-19-39-20-17-35;2*1-2/h3-9H,1,10-21,23H2,2H3;2*1-2H3. The van der Waals surface area contributed by atoms with Gasteiger partial charge < -0.3 is 24.2 Å². The second-order valence-corrected chi connectivity index (χ2v) is 10.9. The molecule has 0 radical (unpaired) electrons. The Bertz CT molecular complexity index is 1410. The molecule has 0 amide bonds. The number of pyridine rings is 1. The molecule has 0 atom stereocenters. The molecule has 0 spiro atoms. The van der Waals surface area contributed by atoms with Crippen LogP contribution in [0.1, 0.15) is 51.3 Å². The van der Waals surface area contributed by atoms with E-state index in [1.807, 2.05) is 27.7 Å². The van der Waals surface area contributed by atoms with E-state index in [0.717, 1.165) is 89.1 Å². The molecule has 6 rings (SSSR count). The highest BCUT2D eigenvalue weighted by molar-refractivity contribution is 5.94. The maximum absolute atomic E-state index is 10.4. The van der Waals surface area contributed by atoms with Gasteiger partial charge in [0.25, 0.3) is 0 Å². The van der Waals surface area contributed by atoms with Crippen LogP contribution in [-0.4, -0.2) is 87.0 Å². The summed E-state index contributed by atoms with van der Waals surface area (Å²) < 4.78 is 11.8. The minimum absolute atomic E-state index is 0.464. The molecule has 3 aliphatic rings. The van der Waals surface area contributed by atoms with Gasteiger partial charge >= 0.3 is 0 Å². The van der Waals surface area contributed by atoms with Gasteiger partial charge in [-0.15, -0.1) is 0 Å². The number of hydrogen-bond acceptors (Lipinski definition) is 8. The van der Waals surface area contributed by atoms with Crippen LogP contribution in [0.5, 0.6) is 5.88 Å². The Morgan fingerprint density at radius 1 is 0.909 bits per heavy atom. The second kappa shape index (κ2) is 16.3. The van der Waals surface area contributed by atoms with E-state index in [1.165, 1.54) is 22.0 Å². The highest BCUT2D eigenvalue weighted by Crippen LogP contribution is 2.38. The third-order valence-corrected chi connectivity index (χ3v) is 8.43. The zero-order valence-electron chi connectivity index (χ0n) is 27.4. The molecule has 3 aliphatic heterocycles. The highest BCUT2D eigenvalue weighted by atomic mass is 16.5. The van der Waals surface area contributed by atoms with Crippen LogP contribution in [0.4, 0.5) is 11.5 Å². The monoisotopic (exact) mass is 598 g/mol. The lowest BCUT2D eigenvalue weighted by atomic mass is 9.94. The molecule has 0 bridgehead atoms. The number of aromatic nitrogens is 1. The van der Waals surface area contributed by atoms with Gasteiger partial charge in [0, 0.05) is 86.8 Å². The Balaban J connectivity index is 0.00000106. The largest absolute Gasteiger partial charge is 0.475 e. The van der Waals surface area contributed by atoms with Crippen LogP contribution >= 0.6 is 0 Å². The number of hydrogen-bond donors (Lipinski definition) is 0. The van der Waals surface area contributed by atoms with E-state index in [-0.39, 0.29) is 0 Å². The average Bonchev–Trinajstić information content (AvgIpc) is 3.09. The van der Waals surface area contributed by atoms with Crippen molar-refractivity contribution >= 4 is 22.3 Å². The van der Waals surface area contributed by atoms with Crippen molar-refractivity contribution in [2.75, 3.05) is 82.0 Å². The fourth-order valence-electron chi connectivity index (χ4n) is 6.16. The Morgan fingerprint density at radius 2 is 1.61 bits per heavy atom. The summed E-state index contributed by atoms with van der Waals surface area (Å²) in [5.74, 6) is 1.45. The summed E-state index contributed by atoms with van der Waals surface area (Å²) in [7, 11) is 0. The second-order valence-electron chi connectivity index (χ2n) is 10.9. The van der Waals surface area contributed by atoms with Gasteiger partial charge in [0.1, 0.15) is 24.1 Å². The third-order valence-electron chi connectivity index (χ3n) is 8.43. The van der Waals surface area contributed by atoms with Crippen molar-refractivity contribution < 1.29 is 9.47 Å². The Morgan fingerprint density at radius 3 is 2.32 bits per heavy atom. The van der Waals surface area contributed by atoms with Crippen molar-refractivity contribution in [1.29, 1.82) is 5.26 Å². The Hall–Kier alpha value is -3.80. The average molecular weight is 599 g/mol. The Labute approximate surface area is 264 Å². The number of benzene rings is 2. The highest BCUT2D eigenvalue weighted by Gasteiger charge is 2.30.